The first-order valence-electron chi connectivity index (χ1n) is 9.97. The van der Waals surface area contributed by atoms with Crippen molar-refractivity contribution in [2.45, 2.75) is 6.42 Å². The van der Waals surface area contributed by atoms with Crippen molar-refractivity contribution in [3.05, 3.63) is 36.5 Å². The number of nitrogens with zero attached hydrogens (tertiary/aromatic N) is 3. The Morgan fingerprint density at radius 2 is 1.93 bits per heavy atom. The summed E-state index contributed by atoms with van der Waals surface area (Å²) in [5.41, 5.74) is 1.32. The lowest BCUT2D eigenvalue weighted by atomic mass is 10.1. The van der Waals surface area contributed by atoms with Gasteiger partial charge in [0.2, 0.25) is 18.6 Å². The number of ether oxygens (including phenoxy) is 3. The van der Waals surface area contributed by atoms with E-state index in [0.29, 0.717) is 42.6 Å². The van der Waals surface area contributed by atoms with Gasteiger partial charge < -0.3 is 29.3 Å². The van der Waals surface area contributed by atoms with E-state index >= 15 is 0 Å². The summed E-state index contributed by atoms with van der Waals surface area (Å²) in [7, 11) is 0. The van der Waals surface area contributed by atoms with Crippen LogP contribution in [0.2, 0.25) is 0 Å². The summed E-state index contributed by atoms with van der Waals surface area (Å²) < 4.78 is 16.0. The Labute approximate surface area is 173 Å². The maximum absolute atomic E-state index is 12.7. The predicted molar refractivity (Wildman–Crippen MR) is 109 cm³/mol. The molecule has 9 nitrogen and oxygen atoms in total. The Balaban J connectivity index is 1.22. The van der Waals surface area contributed by atoms with Crippen LogP contribution < -0.4 is 24.6 Å². The molecule has 1 N–H and O–H groups in total. The lowest BCUT2D eigenvalue weighted by molar-refractivity contribution is -0.122. The number of nitrogens with one attached hydrogen (secondary N) is 1. The van der Waals surface area contributed by atoms with Gasteiger partial charge in [0.05, 0.1) is 31.0 Å². The average molecular weight is 410 g/mol. The van der Waals surface area contributed by atoms with Crippen LogP contribution in [0, 0.1) is 5.92 Å². The molecule has 2 saturated heterocycles. The normalized spacial score (nSPS) is 20.5. The first-order chi connectivity index (χ1) is 14.7. The fraction of sp³-hybridized carbons (Fsp3) is 0.381. The van der Waals surface area contributed by atoms with E-state index in [9.17, 15) is 9.59 Å². The molecule has 3 aliphatic heterocycles. The third kappa shape index (κ3) is 3.63. The second-order valence-electron chi connectivity index (χ2n) is 7.44. The maximum atomic E-state index is 12.7. The Morgan fingerprint density at radius 3 is 2.73 bits per heavy atom. The van der Waals surface area contributed by atoms with Gasteiger partial charge in [-0.15, -0.1) is 0 Å². The first-order valence-corrected chi connectivity index (χ1v) is 9.97. The molecule has 2 aromatic rings. The van der Waals surface area contributed by atoms with Crippen LogP contribution in [0.15, 0.2) is 36.5 Å². The van der Waals surface area contributed by atoms with Gasteiger partial charge in [-0.3, -0.25) is 9.59 Å². The molecular weight excluding hydrogens is 388 g/mol. The number of anilines is 3. The third-order valence-electron chi connectivity index (χ3n) is 5.51. The van der Waals surface area contributed by atoms with Crippen molar-refractivity contribution in [3.8, 4) is 11.5 Å². The van der Waals surface area contributed by atoms with Crippen LogP contribution in [0.1, 0.15) is 6.42 Å². The van der Waals surface area contributed by atoms with Gasteiger partial charge in [0.25, 0.3) is 0 Å². The number of rotatable bonds is 4. The van der Waals surface area contributed by atoms with Gasteiger partial charge in [-0.1, -0.05) is 0 Å². The Bertz CT molecular complexity index is 958. The number of carbonyl (C=O) groups is 2. The standard InChI is InChI=1S/C21H22N4O5/c26-20-9-14(12-25(20)16-2-3-17-18(10-16)30-13-29-17)21(27)23-15-1-4-19(22-11-15)24-5-7-28-8-6-24/h1-4,10-11,14H,5-9,12-13H2,(H,23,27). The Morgan fingerprint density at radius 1 is 1.10 bits per heavy atom. The van der Waals surface area contributed by atoms with E-state index < -0.39 is 5.92 Å². The van der Waals surface area contributed by atoms with E-state index in [1.165, 1.54) is 0 Å². The Hall–Kier alpha value is -3.33. The minimum atomic E-state index is -0.429. The summed E-state index contributed by atoms with van der Waals surface area (Å²) >= 11 is 0. The maximum Gasteiger partial charge on any atom is 0.231 e. The van der Waals surface area contributed by atoms with E-state index in [-0.39, 0.29) is 25.0 Å². The number of fused-ring (bicyclic) bond motifs is 1. The molecule has 0 saturated carbocycles. The van der Waals surface area contributed by atoms with Crippen LogP contribution in [-0.4, -0.2) is 56.4 Å². The number of hydrogen-bond acceptors (Lipinski definition) is 7. The summed E-state index contributed by atoms with van der Waals surface area (Å²) in [6.45, 7) is 3.49. The fourth-order valence-corrected chi connectivity index (χ4v) is 3.87. The van der Waals surface area contributed by atoms with E-state index in [1.54, 1.807) is 29.3 Å². The summed E-state index contributed by atoms with van der Waals surface area (Å²) in [5.74, 6) is 1.43. The summed E-state index contributed by atoms with van der Waals surface area (Å²) in [6, 6.07) is 9.08. The molecule has 156 valence electrons. The van der Waals surface area contributed by atoms with Gasteiger partial charge in [-0.05, 0) is 24.3 Å². The molecule has 1 atom stereocenters. The zero-order valence-corrected chi connectivity index (χ0v) is 16.4. The quantitative estimate of drug-likeness (QED) is 0.819. The van der Waals surface area contributed by atoms with Crippen molar-refractivity contribution in [2.24, 2.45) is 5.92 Å². The van der Waals surface area contributed by atoms with Crippen LogP contribution in [-0.2, 0) is 14.3 Å². The average Bonchev–Trinajstić information content (AvgIpc) is 3.41. The highest BCUT2D eigenvalue weighted by Gasteiger charge is 2.35. The number of pyridine rings is 1. The van der Waals surface area contributed by atoms with Gasteiger partial charge in [-0.25, -0.2) is 4.98 Å². The summed E-state index contributed by atoms with van der Waals surface area (Å²) in [4.78, 5) is 33.4. The highest BCUT2D eigenvalue weighted by Crippen LogP contribution is 2.37. The SMILES string of the molecule is O=C(Nc1ccc(N2CCOCC2)nc1)C1CC(=O)N(c2ccc3c(c2)OCO3)C1. The van der Waals surface area contributed by atoms with Crippen molar-refractivity contribution in [1.82, 2.24) is 4.98 Å². The van der Waals surface area contributed by atoms with Crippen LogP contribution >= 0.6 is 0 Å². The number of carbonyl (C=O) groups excluding carboxylic acids is 2. The van der Waals surface area contributed by atoms with Crippen molar-refractivity contribution >= 4 is 29.0 Å². The summed E-state index contributed by atoms with van der Waals surface area (Å²) in [6.07, 6.45) is 1.81. The minimum Gasteiger partial charge on any atom is -0.454 e. The van der Waals surface area contributed by atoms with Crippen LogP contribution in [0.4, 0.5) is 17.2 Å². The molecule has 9 heteroatoms. The van der Waals surface area contributed by atoms with Gasteiger partial charge in [-0.2, -0.15) is 0 Å². The molecule has 0 spiro atoms. The predicted octanol–water partition coefficient (Wildman–Crippen LogP) is 1.64. The van der Waals surface area contributed by atoms with Crippen molar-refractivity contribution in [2.75, 3.05) is 54.8 Å². The zero-order valence-electron chi connectivity index (χ0n) is 16.4. The highest BCUT2D eigenvalue weighted by molar-refractivity contribution is 6.03. The Kier molecular flexibility index (Phi) is 4.88. The van der Waals surface area contributed by atoms with E-state index in [2.05, 4.69) is 15.2 Å². The highest BCUT2D eigenvalue weighted by atomic mass is 16.7. The van der Waals surface area contributed by atoms with E-state index in [1.807, 2.05) is 12.1 Å². The van der Waals surface area contributed by atoms with Crippen LogP contribution in [0.3, 0.4) is 0 Å². The molecule has 0 bridgehead atoms. The van der Waals surface area contributed by atoms with Gasteiger partial charge in [0.15, 0.2) is 11.5 Å². The zero-order chi connectivity index (χ0) is 20.5. The topological polar surface area (TPSA) is 93.2 Å². The largest absolute Gasteiger partial charge is 0.454 e. The summed E-state index contributed by atoms with van der Waals surface area (Å²) in [5, 5.41) is 2.88. The lowest BCUT2D eigenvalue weighted by Crippen LogP contribution is -2.36. The number of aromatic nitrogens is 1. The molecular formula is C21H22N4O5. The molecule has 4 heterocycles. The first kappa shape index (κ1) is 18.7. The molecule has 2 amide bonds. The molecule has 2 fully saturated rings. The molecule has 3 aliphatic rings. The lowest BCUT2D eigenvalue weighted by Gasteiger charge is -2.27. The number of hydrogen-bond donors (Lipinski definition) is 1. The second kappa shape index (κ2) is 7.83. The minimum absolute atomic E-state index is 0.0881. The number of morpholine rings is 1. The molecule has 30 heavy (non-hydrogen) atoms. The van der Waals surface area contributed by atoms with Gasteiger partial charge >= 0.3 is 0 Å². The molecule has 5 rings (SSSR count). The van der Waals surface area contributed by atoms with Crippen molar-refractivity contribution in [1.29, 1.82) is 0 Å². The molecule has 1 aromatic carbocycles. The third-order valence-corrected chi connectivity index (χ3v) is 5.51. The van der Waals surface area contributed by atoms with Gasteiger partial charge in [0.1, 0.15) is 5.82 Å². The van der Waals surface area contributed by atoms with Crippen molar-refractivity contribution < 1.29 is 23.8 Å². The molecule has 1 aromatic heterocycles. The molecule has 0 radical (unpaired) electrons. The second-order valence-corrected chi connectivity index (χ2v) is 7.44. The molecule has 1 unspecified atom stereocenters. The van der Waals surface area contributed by atoms with Crippen LogP contribution in [0.5, 0.6) is 11.5 Å². The molecule has 0 aliphatic carbocycles. The van der Waals surface area contributed by atoms with E-state index in [4.69, 9.17) is 14.2 Å². The van der Waals surface area contributed by atoms with Crippen molar-refractivity contribution in [3.63, 3.8) is 0 Å². The van der Waals surface area contributed by atoms with E-state index in [0.717, 1.165) is 18.9 Å². The number of amides is 2. The number of benzene rings is 1. The smallest absolute Gasteiger partial charge is 0.231 e. The van der Waals surface area contributed by atoms with Gasteiger partial charge in [0, 0.05) is 37.8 Å². The van der Waals surface area contributed by atoms with Crippen LogP contribution in [0.25, 0.3) is 0 Å². The monoisotopic (exact) mass is 410 g/mol. The fourth-order valence-electron chi connectivity index (χ4n) is 3.87.